The molecular weight excluding hydrogens is 390 g/mol. The highest BCUT2D eigenvalue weighted by Gasteiger charge is 2.19. The number of aromatic amines is 1. The minimum atomic E-state index is -0.0991. The van der Waals surface area contributed by atoms with Crippen LogP contribution in [0.25, 0.3) is 17.0 Å². The first-order chi connectivity index (χ1) is 14.8. The Kier molecular flexibility index (Phi) is 5.61. The van der Waals surface area contributed by atoms with Crippen LogP contribution in [-0.2, 0) is 16.1 Å². The van der Waals surface area contributed by atoms with Gasteiger partial charge in [-0.25, -0.2) is 4.98 Å². The molecule has 160 valence electrons. The highest BCUT2D eigenvalue weighted by atomic mass is 16.2. The van der Waals surface area contributed by atoms with E-state index in [9.17, 15) is 9.59 Å². The van der Waals surface area contributed by atoms with Crippen molar-refractivity contribution in [2.45, 2.75) is 26.4 Å². The summed E-state index contributed by atoms with van der Waals surface area (Å²) in [6, 6.07) is 10.1. The number of rotatable bonds is 4. The lowest BCUT2D eigenvalue weighted by Gasteiger charge is -2.22. The summed E-state index contributed by atoms with van der Waals surface area (Å²) < 4.78 is 0. The summed E-state index contributed by atoms with van der Waals surface area (Å²) in [7, 11) is 3.69. The molecule has 1 atom stereocenters. The van der Waals surface area contributed by atoms with E-state index in [2.05, 4.69) is 40.4 Å². The first kappa shape index (κ1) is 20.8. The molecule has 7 nitrogen and oxygen atoms in total. The number of aromatic nitrogens is 2. The lowest BCUT2D eigenvalue weighted by molar-refractivity contribution is -0.126. The van der Waals surface area contributed by atoms with Gasteiger partial charge in [0.1, 0.15) is 5.82 Å². The largest absolute Gasteiger partial charge is 0.356 e. The molecule has 3 heterocycles. The zero-order valence-corrected chi connectivity index (χ0v) is 18.3. The van der Waals surface area contributed by atoms with Crippen LogP contribution in [0.3, 0.4) is 0 Å². The minimum absolute atomic E-state index is 0.0741. The molecule has 3 aromatic rings. The molecule has 0 radical (unpaired) electrons. The van der Waals surface area contributed by atoms with Crippen molar-refractivity contribution < 1.29 is 9.59 Å². The van der Waals surface area contributed by atoms with Gasteiger partial charge >= 0.3 is 0 Å². The van der Waals surface area contributed by atoms with E-state index in [1.165, 1.54) is 5.56 Å². The van der Waals surface area contributed by atoms with Crippen molar-refractivity contribution in [2.24, 2.45) is 0 Å². The average Bonchev–Trinajstić information content (AvgIpc) is 3.12. The molecule has 0 saturated carbocycles. The van der Waals surface area contributed by atoms with E-state index in [4.69, 9.17) is 0 Å². The van der Waals surface area contributed by atoms with Gasteiger partial charge in [0.2, 0.25) is 11.8 Å². The second-order valence-corrected chi connectivity index (χ2v) is 8.22. The molecule has 0 fully saturated rings. The van der Waals surface area contributed by atoms with Gasteiger partial charge in [0, 0.05) is 42.6 Å². The Morgan fingerprint density at radius 3 is 2.87 bits per heavy atom. The average molecular weight is 418 g/mol. The van der Waals surface area contributed by atoms with Gasteiger partial charge in [0.05, 0.1) is 12.6 Å². The second-order valence-electron chi connectivity index (χ2n) is 8.22. The van der Waals surface area contributed by atoms with Gasteiger partial charge in [-0.1, -0.05) is 18.2 Å². The van der Waals surface area contributed by atoms with Gasteiger partial charge < -0.3 is 15.2 Å². The Morgan fingerprint density at radius 1 is 1.29 bits per heavy atom. The number of para-hydroxylation sites is 1. The number of carbonyl (C=O) groups is 2. The lowest BCUT2D eigenvalue weighted by atomic mass is 10.1. The monoisotopic (exact) mass is 417 g/mol. The molecule has 0 spiro atoms. The molecule has 0 saturated heterocycles. The van der Waals surface area contributed by atoms with Crippen molar-refractivity contribution in [1.29, 1.82) is 0 Å². The maximum absolute atomic E-state index is 12.8. The zero-order chi connectivity index (χ0) is 22.1. The number of likely N-dealkylation sites (N-methyl/N-ethyl adjacent to an activating group) is 2. The van der Waals surface area contributed by atoms with Crippen LogP contribution < -0.4 is 5.32 Å². The smallest absolute Gasteiger partial charge is 0.246 e. The Bertz CT molecular complexity index is 1180. The number of carbonyl (C=O) groups excluding carboxylic acids is 2. The maximum Gasteiger partial charge on any atom is 0.246 e. The lowest BCUT2D eigenvalue weighted by Crippen LogP contribution is -2.28. The molecule has 1 aliphatic heterocycles. The van der Waals surface area contributed by atoms with Crippen molar-refractivity contribution in [1.82, 2.24) is 19.8 Å². The minimum Gasteiger partial charge on any atom is -0.356 e. The highest BCUT2D eigenvalue weighted by Crippen LogP contribution is 2.25. The van der Waals surface area contributed by atoms with E-state index < -0.39 is 0 Å². The Morgan fingerprint density at radius 2 is 2.10 bits per heavy atom. The Labute approximate surface area is 181 Å². The Balaban J connectivity index is 1.49. The number of H-pyrrole nitrogens is 1. The fourth-order valence-corrected chi connectivity index (χ4v) is 3.86. The molecule has 31 heavy (non-hydrogen) atoms. The highest BCUT2D eigenvalue weighted by molar-refractivity contribution is 5.94. The van der Waals surface area contributed by atoms with Crippen LogP contribution in [0.5, 0.6) is 0 Å². The third kappa shape index (κ3) is 4.36. The van der Waals surface area contributed by atoms with Crippen LogP contribution in [0.1, 0.15) is 35.3 Å². The number of aryl methyl sites for hydroxylation is 1. The Hall–Kier alpha value is -3.45. The fraction of sp³-hybridized carbons (Fsp3) is 0.292. The van der Waals surface area contributed by atoms with Crippen LogP contribution in [0.2, 0.25) is 0 Å². The molecule has 1 unspecified atom stereocenters. The first-order valence-corrected chi connectivity index (χ1v) is 10.3. The van der Waals surface area contributed by atoms with Crippen molar-refractivity contribution in [3.63, 3.8) is 0 Å². The number of nitrogens with one attached hydrogen (secondary N) is 2. The van der Waals surface area contributed by atoms with Crippen molar-refractivity contribution in [3.05, 3.63) is 65.0 Å². The molecule has 1 aliphatic rings. The number of hydrogen-bond donors (Lipinski definition) is 2. The standard InChI is InChI=1S/C24H27N5O2/c1-15-6-5-7-18-11-20(26-23(15)18)16(2)29(4)22(31)9-8-17-10-19-13-28(3)14-21(30)27-24(19)25-12-17/h5-12,16,26H,13-14H2,1-4H3,(H,25,27,30). The van der Waals surface area contributed by atoms with E-state index in [1.807, 2.05) is 31.0 Å². The third-order valence-electron chi connectivity index (χ3n) is 5.78. The van der Waals surface area contributed by atoms with E-state index >= 15 is 0 Å². The van der Waals surface area contributed by atoms with Crippen LogP contribution >= 0.6 is 0 Å². The summed E-state index contributed by atoms with van der Waals surface area (Å²) in [4.78, 5) is 36.1. The van der Waals surface area contributed by atoms with Gasteiger partial charge in [-0.15, -0.1) is 0 Å². The van der Waals surface area contributed by atoms with E-state index in [1.54, 1.807) is 30.3 Å². The number of fused-ring (bicyclic) bond motifs is 2. The van der Waals surface area contributed by atoms with Gasteiger partial charge in [0.15, 0.2) is 0 Å². The van der Waals surface area contributed by atoms with Gasteiger partial charge in [-0.2, -0.15) is 0 Å². The zero-order valence-electron chi connectivity index (χ0n) is 18.3. The number of amides is 2. The molecular formula is C24H27N5O2. The molecule has 0 aliphatic carbocycles. The molecule has 4 rings (SSSR count). The number of anilines is 1. The van der Waals surface area contributed by atoms with Crippen LogP contribution in [0.4, 0.5) is 5.82 Å². The van der Waals surface area contributed by atoms with Gasteiger partial charge in [-0.3, -0.25) is 14.5 Å². The predicted molar refractivity (Wildman–Crippen MR) is 122 cm³/mol. The van der Waals surface area contributed by atoms with Crippen LogP contribution in [0.15, 0.2) is 42.6 Å². The number of benzene rings is 1. The quantitative estimate of drug-likeness (QED) is 0.637. The van der Waals surface area contributed by atoms with Gasteiger partial charge in [0.25, 0.3) is 0 Å². The van der Waals surface area contributed by atoms with Crippen LogP contribution in [-0.4, -0.2) is 52.2 Å². The number of nitrogens with zero attached hydrogens (tertiary/aromatic N) is 3. The molecule has 1 aromatic carbocycles. The van der Waals surface area contributed by atoms with Gasteiger partial charge in [-0.05, 0) is 55.6 Å². The maximum atomic E-state index is 12.8. The molecule has 7 heteroatoms. The molecule has 2 aromatic heterocycles. The van der Waals surface area contributed by atoms with Crippen LogP contribution in [0, 0.1) is 6.92 Å². The summed E-state index contributed by atoms with van der Waals surface area (Å²) in [5.74, 6) is 0.413. The summed E-state index contributed by atoms with van der Waals surface area (Å²) in [6.45, 7) is 5.03. The summed E-state index contributed by atoms with van der Waals surface area (Å²) in [6.07, 6.45) is 4.99. The van der Waals surface area contributed by atoms with Crippen molar-refractivity contribution in [3.8, 4) is 0 Å². The molecule has 2 amide bonds. The summed E-state index contributed by atoms with van der Waals surface area (Å²) >= 11 is 0. The topological polar surface area (TPSA) is 81.3 Å². The van der Waals surface area contributed by atoms with E-state index in [0.717, 1.165) is 27.7 Å². The van der Waals surface area contributed by atoms with E-state index in [-0.39, 0.29) is 17.9 Å². The van der Waals surface area contributed by atoms with Crippen molar-refractivity contribution in [2.75, 3.05) is 26.0 Å². The molecule has 2 N–H and O–H groups in total. The van der Waals surface area contributed by atoms with Crippen molar-refractivity contribution >= 4 is 34.6 Å². The second kappa shape index (κ2) is 8.35. The number of pyridine rings is 1. The fourth-order valence-electron chi connectivity index (χ4n) is 3.86. The SMILES string of the molecule is Cc1cccc2cc(C(C)N(C)C(=O)C=Cc3cnc4c(c3)CN(C)CC(=O)N4)[nH]c12. The third-order valence-corrected chi connectivity index (χ3v) is 5.78. The summed E-state index contributed by atoms with van der Waals surface area (Å²) in [5, 5.41) is 3.96. The summed E-state index contributed by atoms with van der Waals surface area (Å²) in [5.41, 5.74) is 5.03. The molecule has 0 bridgehead atoms. The predicted octanol–water partition coefficient (Wildman–Crippen LogP) is 3.49. The number of hydrogen-bond acceptors (Lipinski definition) is 4. The first-order valence-electron chi connectivity index (χ1n) is 10.3. The van der Waals surface area contributed by atoms with E-state index in [0.29, 0.717) is 18.9 Å². The normalized spacial score (nSPS) is 15.5.